The van der Waals surface area contributed by atoms with Gasteiger partial charge in [-0.2, -0.15) is 0 Å². The van der Waals surface area contributed by atoms with Crippen molar-refractivity contribution in [3.63, 3.8) is 0 Å². The van der Waals surface area contributed by atoms with Gasteiger partial charge in [0.1, 0.15) is 0 Å². The third kappa shape index (κ3) is 2.00. The van der Waals surface area contributed by atoms with E-state index < -0.39 is 0 Å². The van der Waals surface area contributed by atoms with E-state index in [0.29, 0.717) is 0 Å². The minimum Gasteiger partial charge on any atom is -0.382 e. The van der Waals surface area contributed by atoms with Crippen LogP contribution in [-0.2, 0) is 0 Å². The van der Waals surface area contributed by atoms with Crippen LogP contribution in [0.25, 0.3) is 0 Å². The van der Waals surface area contributed by atoms with Crippen LogP contribution >= 0.6 is 0 Å². The zero-order valence-corrected chi connectivity index (χ0v) is 10.4. The maximum Gasteiger partial charge on any atom is 0.0607 e. The molecule has 0 fully saturated rings. The molecule has 16 heavy (non-hydrogen) atoms. The molecule has 3 nitrogen and oxygen atoms in total. The van der Waals surface area contributed by atoms with Gasteiger partial charge in [0.05, 0.1) is 11.4 Å². The molecule has 88 valence electrons. The van der Waals surface area contributed by atoms with Gasteiger partial charge in [0, 0.05) is 25.2 Å². The normalized spacial score (nSPS) is 15.6. The molecule has 0 radical (unpaired) electrons. The lowest BCUT2D eigenvalue weighted by atomic mass is 10.00. The van der Waals surface area contributed by atoms with Crippen molar-refractivity contribution in [3.05, 3.63) is 24.3 Å². The summed E-state index contributed by atoms with van der Waals surface area (Å²) < 4.78 is 0. The lowest BCUT2D eigenvalue weighted by Gasteiger charge is -2.44. The molecule has 0 aromatic heterocycles. The first-order valence-corrected chi connectivity index (χ1v) is 5.90. The van der Waals surface area contributed by atoms with Crippen LogP contribution in [0.4, 0.5) is 11.4 Å². The van der Waals surface area contributed by atoms with Crippen molar-refractivity contribution in [2.24, 2.45) is 0 Å². The van der Waals surface area contributed by atoms with Gasteiger partial charge in [-0.05, 0) is 33.0 Å². The lowest BCUT2D eigenvalue weighted by Crippen LogP contribution is -2.53. The maximum atomic E-state index is 3.44. The molecule has 1 aliphatic heterocycles. The number of para-hydroxylation sites is 2. The highest BCUT2D eigenvalue weighted by Crippen LogP contribution is 2.33. The number of rotatable bonds is 3. The standard InChI is InChI=1S/C13H21N3/c1-13(2,10-14-3)16-9-8-15-11-6-4-5-7-12(11)16/h4-7,14-15H,8-10H2,1-3H3. The molecule has 0 amide bonds. The van der Waals surface area contributed by atoms with E-state index in [4.69, 9.17) is 0 Å². The molecule has 1 aliphatic rings. The van der Waals surface area contributed by atoms with Crippen molar-refractivity contribution >= 4 is 11.4 Å². The Labute approximate surface area is 97.8 Å². The van der Waals surface area contributed by atoms with Crippen molar-refractivity contribution in [1.29, 1.82) is 0 Å². The fraction of sp³-hybridized carbons (Fsp3) is 0.538. The van der Waals surface area contributed by atoms with Crippen molar-refractivity contribution in [2.45, 2.75) is 19.4 Å². The fourth-order valence-electron chi connectivity index (χ4n) is 2.44. The van der Waals surface area contributed by atoms with Crippen LogP contribution in [0.2, 0.25) is 0 Å². The molecule has 1 aromatic carbocycles. The number of hydrogen-bond donors (Lipinski definition) is 2. The molecular weight excluding hydrogens is 198 g/mol. The summed E-state index contributed by atoms with van der Waals surface area (Å²) in [5, 5.41) is 6.72. The summed E-state index contributed by atoms with van der Waals surface area (Å²) in [5.41, 5.74) is 2.71. The molecular formula is C13H21N3. The second-order valence-corrected chi connectivity index (χ2v) is 4.94. The molecule has 0 saturated heterocycles. The van der Waals surface area contributed by atoms with Crippen LogP contribution in [0.5, 0.6) is 0 Å². The Kier molecular flexibility index (Phi) is 3.06. The Morgan fingerprint density at radius 1 is 1.38 bits per heavy atom. The Bertz CT molecular complexity index is 360. The first-order chi connectivity index (χ1) is 7.65. The van der Waals surface area contributed by atoms with Gasteiger partial charge in [-0.25, -0.2) is 0 Å². The van der Waals surface area contributed by atoms with Crippen LogP contribution in [0.15, 0.2) is 24.3 Å². The summed E-state index contributed by atoms with van der Waals surface area (Å²) in [6.07, 6.45) is 0. The molecule has 0 aliphatic carbocycles. The van der Waals surface area contributed by atoms with Crippen molar-refractivity contribution in [3.8, 4) is 0 Å². The molecule has 0 spiro atoms. The van der Waals surface area contributed by atoms with Gasteiger partial charge in [-0.15, -0.1) is 0 Å². The van der Waals surface area contributed by atoms with Crippen LogP contribution in [0.3, 0.4) is 0 Å². The number of benzene rings is 1. The van der Waals surface area contributed by atoms with E-state index in [0.717, 1.165) is 19.6 Å². The quantitative estimate of drug-likeness (QED) is 0.813. The number of anilines is 2. The smallest absolute Gasteiger partial charge is 0.0607 e. The number of fused-ring (bicyclic) bond motifs is 1. The van der Waals surface area contributed by atoms with Crippen LogP contribution in [-0.4, -0.2) is 32.2 Å². The fourth-order valence-corrected chi connectivity index (χ4v) is 2.44. The lowest BCUT2D eigenvalue weighted by molar-refractivity contribution is 0.440. The maximum absolute atomic E-state index is 3.44. The summed E-state index contributed by atoms with van der Waals surface area (Å²) in [7, 11) is 2.01. The Morgan fingerprint density at radius 2 is 2.12 bits per heavy atom. The van der Waals surface area contributed by atoms with Gasteiger partial charge in [-0.3, -0.25) is 0 Å². The zero-order chi connectivity index (χ0) is 11.6. The summed E-state index contributed by atoms with van der Waals surface area (Å²) in [5.74, 6) is 0. The predicted molar refractivity (Wildman–Crippen MR) is 70.3 cm³/mol. The third-order valence-corrected chi connectivity index (χ3v) is 3.19. The molecule has 2 rings (SSSR count). The molecule has 1 heterocycles. The van der Waals surface area contributed by atoms with Crippen LogP contribution < -0.4 is 15.5 Å². The first-order valence-electron chi connectivity index (χ1n) is 5.90. The highest BCUT2D eigenvalue weighted by atomic mass is 15.3. The van der Waals surface area contributed by atoms with E-state index in [1.807, 2.05) is 7.05 Å². The molecule has 2 N–H and O–H groups in total. The minimum atomic E-state index is 0.146. The number of hydrogen-bond acceptors (Lipinski definition) is 3. The Balaban J connectivity index is 2.31. The molecule has 1 aromatic rings. The summed E-state index contributed by atoms with van der Waals surface area (Å²) in [6, 6.07) is 8.53. The topological polar surface area (TPSA) is 27.3 Å². The van der Waals surface area contributed by atoms with Crippen molar-refractivity contribution in [1.82, 2.24) is 5.32 Å². The molecule has 0 atom stereocenters. The van der Waals surface area contributed by atoms with Crippen LogP contribution in [0.1, 0.15) is 13.8 Å². The predicted octanol–water partition coefficient (Wildman–Crippen LogP) is 1.92. The largest absolute Gasteiger partial charge is 0.382 e. The van der Waals surface area contributed by atoms with E-state index in [-0.39, 0.29) is 5.54 Å². The Hall–Kier alpha value is -1.22. The van der Waals surface area contributed by atoms with Gasteiger partial charge in [0.25, 0.3) is 0 Å². The van der Waals surface area contributed by atoms with E-state index in [2.05, 4.69) is 53.6 Å². The van der Waals surface area contributed by atoms with Gasteiger partial charge in [-0.1, -0.05) is 12.1 Å². The zero-order valence-electron chi connectivity index (χ0n) is 10.4. The molecule has 3 heteroatoms. The van der Waals surface area contributed by atoms with E-state index >= 15 is 0 Å². The van der Waals surface area contributed by atoms with Crippen molar-refractivity contribution < 1.29 is 0 Å². The monoisotopic (exact) mass is 219 g/mol. The van der Waals surface area contributed by atoms with Crippen molar-refractivity contribution in [2.75, 3.05) is 36.9 Å². The molecule has 0 saturated carbocycles. The number of likely N-dealkylation sites (N-methyl/N-ethyl adjacent to an activating group) is 1. The van der Waals surface area contributed by atoms with Crippen LogP contribution in [0, 0.1) is 0 Å². The minimum absolute atomic E-state index is 0.146. The van der Waals surface area contributed by atoms with E-state index in [9.17, 15) is 0 Å². The summed E-state index contributed by atoms with van der Waals surface area (Å²) in [6.45, 7) is 7.63. The van der Waals surface area contributed by atoms with Gasteiger partial charge < -0.3 is 15.5 Å². The van der Waals surface area contributed by atoms with E-state index in [1.165, 1.54) is 11.4 Å². The highest BCUT2D eigenvalue weighted by Gasteiger charge is 2.29. The van der Waals surface area contributed by atoms with Gasteiger partial charge in [0.15, 0.2) is 0 Å². The molecule has 0 unspecified atom stereocenters. The SMILES string of the molecule is CNCC(C)(C)N1CCNc2ccccc21. The van der Waals surface area contributed by atoms with Gasteiger partial charge in [0.2, 0.25) is 0 Å². The van der Waals surface area contributed by atoms with Gasteiger partial charge >= 0.3 is 0 Å². The van der Waals surface area contributed by atoms with E-state index in [1.54, 1.807) is 0 Å². The second-order valence-electron chi connectivity index (χ2n) is 4.94. The average Bonchev–Trinajstić information content (AvgIpc) is 2.28. The average molecular weight is 219 g/mol. The molecule has 0 bridgehead atoms. The number of nitrogens with zero attached hydrogens (tertiary/aromatic N) is 1. The Morgan fingerprint density at radius 3 is 2.88 bits per heavy atom. The first kappa shape index (κ1) is 11.3. The highest BCUT2D eigenvalue weighted by molar-refractivity contribution is 5.72. The number of nitrogens with one attached hydrogen (secondary N) is 2. The summed E-state index contributed by atoms with van der Waals surface area (Å²) in [4.78, 5) is 2.48. The summed E-state index contributed by atoms with van der Waals surface area (Å²) >= 11 is 0. The third-order valence-electron chi connectivity index (χ3n) is 3.19. The second kappa shape index (κ2) is 4.34.